The van der Waals surface area contributed by atoms with Crippen molar-refractivity contribution in [3.8, 4) is 0 Å². The fourth-order valence-corrected chi connectivity index (χ4v) is 2.07. The highest BCUT2D eigenvalue weighted by Crippen LogP contribution is 2.28. The molecule has 2 rings (SSSR count). The van der Waals surface area contributed by atoms with Gasteiger partial charge in [0.2, 0.25) is 5.91 Å². The molecular weight excluding hydrogens is 233 g/mol. The van der Waals surface area contributed by atoms with Crippen LogP contribution in [0.1, 0.15) is 0 Å². The third-order valence-corrected chi connectivity index (χ3v) is 3.23. The first kappa shape index (κ1) is 11.4. The second-order valence-corrected chi connectivity index (χ2v) is 4.24. The monoisotopic (exact) mass is 243 g/mol. The van der Waals surface area contributed by atoms with Gasteiger partial charge >= 0.3 is 0 Å². The summed E-state index contributed by atoms with van der Waals surface area (Å²) in [5.74, 6) is -0.979. The number of hydrogen-bond donors (Lipinski definition) is 1. The number of anilines is 1. The van der Waals surface area contributed by atoms with E-state index >= 15 is 0 Å². The SMILES string of the molecule is O=C1[C@@H](Cl)[C@H](CO)CN1c1cccc(F)c1. The Labute approximate surface area is 97.4 Å². The quantitative estimate of drug-likeness (QED) is 0.798. The number of hydrogen-bond acceptors (Lipinski definition) is 2. The lowest BCUT2D eigenvalue weighted by molar-refractivity contribution is -0.117. The predicted octanol–water partition coefficient (Wildman–Crippen LogP) is 1.39. The minimum Gasteiger partial charge on any atom is -0.396 e. The van der Waals surface area contributed by atoms with Gasteiger partial charge in [-0.05, 0) is 18.2 Å². The zero-order valence-corrected chi connectivity index (χ0v) is 9.19. The zero-order valence-electron chi connectivity index (χ0n) is 8.44. The maximum Gasteiger partial charge on any atom is 0.245 e. The number of amides is 1. The summed E-state index contributed by atoms with van der Waals surface area (Å²) in [4.78, 5) is 13.2. The van der Waals surface area contributed by atoms with Gasteiger partial charge in [0.05, 0.1) is 0 Å². The number of aliphatic hydroxyl groups is 1. The Bertz CT molecular complexity index is 413. The van der Waals surface area contributed by atoms with Crippen molar-refractivity contribution in [3.05, 3.63) is 30.1 Å². The molecule has 0 aliphatic carbocycles. The third-order valence-electron chi connectivity index (χ3n) is 2.69. The molecule has 5 heteroatoms. The van der Waals surface area contributed by atoms with Gasteiger partial charge in [0.1, 0.15) is 11.2 Å². The lowest BCUT2D eigenvalue weighted by Gasteiger charge is -2.15. The van der Waals surface area contributed by atoms with Crippen molar-refractivity contribution >= 4 is 23.2 Å². The molecule has 1 fully saturated rings. The fourth-order valence-electron chi connectivity index (χ4n) is 1.79. The van der Waals surface area contributed by atoms with Gasteiger partial charge in [0, 0.05) is 24.8 Å². The van der Waals surface area contributed by atoms with Crippen LogP contribution in [-0.2, 0) is 4.79 Å². The minimum atomic E-state index is -0.728. The van der Waals surface area contributed by atoms with Crippen LogP contribution >= 0.6 is 11.6 Å². The first-order chi connectivity index (χ1) is 7.63. The molecule has 0 saturated carbocycles. The summed E-state index contributed by atoms with van der Waals surface area (Å²) in [6, 6.07) is 5.77. The molecule has 0 aromatic heterocycles. The second kappa shape index (κ2) is 4.39. The molecule has 1 saturated heterocycles. The molecule has 2 atom stereocenters. The summed E-state index contributed by atoms with van der Waals surface area (Å²) in [6.45, 7) is 0.179. The summed E-state index contributed by atoms with van der Waals surface area (Å²) >= 11 is 5.87. The van der Waals surface area contributed by atoms with Crippen molar-refractivity contribution in [2.24, 2.45) is 5.92 Å². The smallest absolute Gasteiger partial charge is 0.245 e. The van der Waals surface area contributed by atoms with E-state index < -0.39 is 11.2 Å². The lowest BCUT2D eigenvalue weighted by Crippen LogP contribution is -2.27. The zero-order chi connectivity index (χ0) is 11.7. The van der Waals surface area contributed by atoms with Gasteiger partial charge in [-0.15, -0.1) is 11.6 Å². The van der Waals surface area contributed by atoms with Crippen LogP contribution in [0.5, 0.6) is 0 Å². The molecule has 1 N–H and O–H groups in total. The van der Waals surface area contributed by atoms with Gasteiger partial charge in [-0.25, -0.2) is 4.39 Å². The molecule has 1 aromatic carbocycles. The van der Waals surface area contributed by atoms with Gasteiger partial charge in [0.15, 0.2) is 0 Å². The molecular formula is C11H11ClFNO2. The number of benzene rings is 1. The Kier molecular flexibility index (Phi) is 3.12. The van der Waals surface area contributed by atoms with Crippen molar-refractivity contribution in [2.45, 2.75) is 5.38 Å². The van der Waals surface area contributed by atoms with Crippen molar-refractivity contribution in [3.63, 3.8) is 0 Å². The van der Waals surface area contributed by atoms with E-state index in [4.69, 9.17) is 16.7 Å². The van der Waals surface area contributed by atoms with E-state index in [1.165, 1.54) is 23.1 Å². The van der Waals surface area contributed by atoms with Crippen LogP contribution in [0.2, 0.25) is 0 Å². The molecule has 0 unspecified atom stereocenters. The molecule has 3 nitrogen and oxygen atoms in total. The minimum absolute atomic E-state index is 0.147. The molecule has 1 amide bonds. The average Bonchev–Trinajstić information content (AvgIpc) is 2.56. The van der Waals surface area contributed by atoms with E-state index in [0.717, 1.165) is 0 Å². The van der Waals surface area contributed by atoms with Gasteiger partial charge < -0.3 is 10.0 Å². The lowest BCUT2D eigenvalue weighted by atomic mass is 10.1. The summed E-state index contributed by atoms with van der Waals surface area (Å²) in [7, 11) is 0. The topological polar surface area (TPSA) is 40.5 Å². The number of nitrogens with zero attached hydrogens (tertiary/aromatic N) is 1. The summed E-state index contributed by atoms with van der Waals surface area (Å²) in [5, 5.41) is 8.31. The van der Waals surface area contributed by atoms with Crippen LogP contribution in [0.3, 0.4) is 0 Å². The normalized spacial score (nSPS) is 25.2. The number of rotatable bonds is 2. The van der Waals surface area contributed by atoms with Crippen molar-refractivity contribution < 1.29 is 14.3 Å². The molecule has 0 bridgehead atoms. The van der Waals surface area contributed by atoms with Gasteiger partial charge in [-0.1, -0.05) is 6.07 Å². The van der Waals surface area contributed by atoms with Crippen LogP contribution in [0, 0.1) is 11.7 Å². The molecule has 0 spiro atoms. The Balaban J connectivity index is 2.26. The number of aliphatic hydroxyl groups excluding tert-OH is 1. The van der Waals surface area contributed by atoms with E-state index in [2.05, 4.69) is 0 Å². The number of halogens is 2. The van der Waals surface area contributed by atoms with Crippen molar-refractivity contribution in [2.75, 3.05) is 18.1 Å². The predicted molar refractivity (Wildman–Crippen MR) is 59.0 cm³/mol. The standard InChI is InChI=1S/C11H11ClFNO2/c12-10-7(6-15)5-14(11(10)16)9-3-1-2-8(13)4-9/h1-4,7,10,15H,5-6H2/t7-,10-/m0/s1. The van der Waals surface area contributed by atoms with E-state index in [-0.39, 0.29) is 18.4 Å². The first-order valence-corrected chi connectivity index (χ1v) is 5.39. The molecule has 0 radical (unpaired) electrons. The van der Waals surface area contributed by atoms with Crippen LogP contribution in [0.15, 0.2) is 24.3 Å². The van der Waals surface area contributed by atoms with Gasteiger partial charge in [-0.3, -0.25) is 4.79 Å². The second-order valence-electron chi connectivity index (χ2n) is 3.77. The van der Waals surface area contributed by atoms with Gasteiger partial charge in [-0.2, -0.15) is 0 Å². The highest BCUT2D eigenvalue weighted by atomic mass is 35.5. The Morgan fingerprint density at radius 2 is 2.31 bits per heavy atom. The third kappa shape index (κ3) is 1.90. The molecule has 86 valence electrons. The van der Waals surface area contributed by atoms with Crippen LogP contribution in [-0.4, -0.2) is 29.5 Å². The Morgan fingerprint density at radius 3 is 2.88 bits per heavy atom. The Morgan fingerprint density at radius 1 is 1.56 bits per heavy atom. The highest BCUT2D eigenvalue weighted by molar-refractivity contribution is 6.34. The van der Waals surface area contributed by atoms with E-state index in [9.17, 15) is 9.18 Å². The van der Waals surface area contributed by atoms with Crippen molar-refractivity contribution in [1.82, 2.24) is 0 Å². The van der Waals surface area contributed by atoms with E-state index in [1.807, 2.05) is 0 Å². The maximum absolute atomic E-state index is 13.0. The number of carbonyl (C=O) groups is 1. The van der Waals surface area contributed by atoms with Gasteiger partial charge in [0.25, 0.3) is 0 Å². The van der Waals surface area contributed by atoms with Crippen LogP contribution in [0.25, 0.3) is 0 Å². The summed E-state index contributed by atoms with van der Waals surface area (Å²) in [6.07, 6.45) is 0. The van der Waals surface area contributed by atoms with Crippen LogP contribution < -0.4 is 4.90 Å². The van der Waals surface area contributed by atoms with E-state index in [0.29, 0.717) is 12.2 Å². The molecule has 1 aromatic rings. The Hall–Kier alpha value is -1.13. The van der Waals surface area contributed by atoms with Crippen molar-refractivity contribution in [1.29, 1.82) is 0 Å². The molecule has 16 heavy (non-hydrogen) atoms. The highest BCUT2D eigenvalue weighted by Gasteiger charge is 2.39. The summed E-state index contributed by atoms with van der Waals surface area (Å²) in [5.41, 5.74) is 0.478. The number of carbonyl (C=O) groups excluding carboxylic acids is 1. The molecule has 1 aliphatic heterocycles. The largest absolute Gasteiger partial charge is 0.396 e. The van der Waals surface area contributed by atoms with E-state index in [1.54, 1.807) is 6.07 Å². The molecule has 1 aliphatic rings. The first-order valence-electron chi connectivity index (χ1n) is 4.95. The average molecular weight is 244 g/mol. The summed E-state index contributed by atoms with van der Waals surface area (Å²) < 4.78 is 13.0. The number of alkyl halides is 1. The molecule has 1 heterocycles. The van der Waals surface area contributed by atoms with Crippen LogP contribution in [0.4, 0.5) is 10.1 Å². The fraction of sp³-hybridized carbons (Fsp3) is 0.364. The maximum atomic E-state index is 13.0.